The van der Waals surface area contributed by atoms with Crippen LogP contribution in [0.25, 0.3) is 0 Å². The Bertz CT molecular complexity index is 1170. The molecule has 1 aromatic carbocycles. The second-order valence-corrected chi connectivity index (χ2v) is 12.5. The van der Waals surface area contributed by atoms with Crippen LogP contribution < -0.4 is 14.8 Å². The van der Waals surface area contributed by atoms with Crippen LogP contribution in [0.5, 0.6) is 11.5 Å². The van der Waals surface area contributed by atoms with E-state index < -0.39 is 17.6 Å². The Hall–Kier alpha value is -3.76. The van der Waals surface area contributed by atoms with Crippen LogP contribution in [0.15, 0.2) is 30.4 Å². The molecule has 11 nitrogen and oxygen atoms in total. The third-order valence-corrected chi connectivity index (χ3v) is 8.02. The van der Waals surface area contributed by atoms with E-state index in [1.807, 2.05) is 45.0 Å². The van der Waals surface area contributed by atoms with Crippen molar-refractivity contribution in [1.29, 1.82) is 0 Å². The van der Waals surface area contributed by atoms with Crippen LogP contribution in [0.4, 0.5) is 4.79 Å². The molecule has 3 amide bonds. The number of esters is 1. The monoisotopic (exact) mass is 615 g/mol. The Balaban J connectivity index is 1.52. The number of piperidine rings is 2. The lowest BCUT2D eigenvalue weighted by Gasteiger charge is -2.33. The zero-order valence-corrected chi connectivity index (χ0v) is 27.1. The molecule has 2 atom stereocenters. The molecular weight excluding hydrogens is 566 g/mol. The first-order chi connectivity index (χ1) is 20.9. The van der Waals surface area contributed by atoms with E-state index in [1.165, 1.54) is 7.11 Å². The first kappa shape index (κ1) is 34.7. The van der Waals surface area contributed by atoms with Crippen LogP contribution in [0.2, 0.25) is 0 Å². The fourth-order valence-corrected chi connectivity index (χ4v) is 5.52. The summed E-state index contributed by atoms with van der Waals surface area (Å²) in [4.78, 5) is 54.3. The third kappa shape index (κ3) is 10.7. The molecule has 11 heteroatoms. The number of carbonyl (C=O) groups is 4. The minimum absolute atomic E-state index is 0.0559. The molecule has 2 heterocycles. The number of carbonyl (C=O) groups excluding carboxylic acids is 4. The molecule has 2 fully saturated rings. The lowest BCUT2D eigenvalue weighted by Crippen LogP contribution is -2.47. The van der Waals surface area contributed by atoms with Crippen molar-refractivity contribution in [1.82, 2.24) is 15.1 Å². The third-order valence-electron chi connectivity index (χ3n) is 8.02. The predicted octanol–water partition coefficient (Wildman–Crippen LogP) is 4.13. The summed E-state index contributed by atoms with van der Waals surface area (Å²) in [6.45, 7) is 7.64. The summed E-state index contributed by atoms with van der Waals surface area (Å²) in [5.41, 5.74) is 0.459. The average Bonchev–Trinajstić information content (AvgIpc) is 3.01. The Morgan fingerprint density at radius 3 is 2.32 bits per heavy atom. The largest absolute Gasteiger partial charge is 0.493 e. The minimum Gasteiger partial charge on any atom is -0.493 e. The topological polar surface area (TPSA) is 124 Å². The maximum atomic E-state index is 13.3. The zero-order chi connectivity index (χ0) is 32.3. The fourth-order valence-electron chi connectivity index (χ4n) is 5.52. The van der Waals surface area contributed by atoms with Crippen molar-refractivity contribution < 1.29 is 38.1 Å². The number of likely N-dealkylation sites (tertiary alicyclic amines) is 2. The van der Waals surface area contributed by atoms with E-state index in [0.717, 1.165) is 24.8 Å². The molecule has 0 bridgehead atoms. The second-order valence-electron chi connectivity index (χ2n) is 12.5. The lowest BCUT2D eigenvalue weighted by atomic mass is 9.94. The Labute approximate surface area is 261 Å². The molecule has 3 rings (SSSR count). The number of ether oxygens (including phenoxy) is 4. The van der Waals surface area contributed by atoms with Crippen molar-refractivity contribution in [3.8, 4) is 11.5 Å². The zero-order valence-electron chi connectivity index (χ0n) is 27.1. The standard InChI is InChI=1S/C33H49N3O8/c1-33(2,3)44-32(40)35-18-15-23(16-19-35)11-14-29(37)36-17-7-8-25(22-36)31(39)34-26(21-30(38)43-6)12-9-24-10-13-27(41-4)28(20-24)42-5/h10-11,13-14,20,23,25-26H,7-9,12,15-19,21-22H2,1-6H3,(H,34,39)/b14-11+/t25-,26-/m1/s1. The van der Waals surface area contributed by atoms with Crippen LogP contribution in [0.3, 0.4) is 0 Å². The molecule has 44 heavy (non-hydrogen) atoms. The molecule has 2 aliphatic rings. The van der Waals surface area contributed by atoms with Gasteiger partial charge in [0.2, 0.25) is 11.8 Å². The van der Waals surface area contributed by atoms with Crippen molar-refractivity contribution in [2.75, 3.05) is 47.5 Å². The van der Waals surface area contributed by atoms with E-state index in [9.17, 15) is 19.2 Å². The maximum Gasteiger partial charge on any atom is 0.410 e. The molecule has 2 saturated heterocycles. The van der Waals surface area contributed by atoms with Gasteiger partial charge in [0.25, 0.3) is 0 Å². The summed E-state index contributed by atoms with van der Waals surface area (Å²) < 4.78 is 21.0. The summed E-state index contributed by atoms with van der Waals surface area (Å²) in [5.74, 6) is 0.408. The molecule has 0 aliphatic carbocycles. The van der Waals surface area contributed by atoms with Crippen LogP contribution in [0.1, 0.15) is 64.9 Å². The first-order valence-corrected chi connectivity index (χ1v) is 15.5. The van der Waals surface area contributed by atoms with E-state index in [0.29, 0.717) is 56.9 Å². The van der Waals surface area contributed by atoms with Crippen molar-refractivity contribution in [3.05, 3.63) is 35.9 Å². The predicted molar refractivity (Wildman–Crippen MR) is 165 cm³/mol. The highest BCUT2D eigenvalue weighted by Gasteiger charge is 2.30. The fraction of sp³-hybridized carbons (Fsp3) is 0.636. The Kier molecular flexibility index (Phi) is 12.9. The molecular formula is C33H49N3O8. The molecule has 0 spiro atoms. The molecule has 0 aromatic heterocycles. The Morgan fingerprint density at radius 2 is 1.68 bits per heavy atom. The van der Waals surface area contributed by atoms with Crippen LogP contribution in [-0.4, -0.2) is 92.8 Å². The first-order valence-electron chi connectivity index (χ1n) is 15.5. The van der Waals surface area contributed by atoms with Crippen LogP contribution >= 0.6 is 0 Å². The van der Waals surface area contributed by atoms with Gasteiger partial charge in [0.1, 0.15) is 5.60 Å². The van der Waals surface area contributed by atoms with Gasteiger partial charge in [0.15, 0.2) is 11.5 Å². The normalized spacial score (nSPS) is 18.5. The molecule has 1 aromatic rings. The van der Waals surface area contributed by atoms with E-state index in [1.54, 1.807) is 30.1 Å². The van der Waals surface area contributed by atoms with Gasteiger partial charge in [-0.1, -0.05) is 12.1 Å². The van der Waals surface area contributed by atoms with Gasteiger partial charge < -0.3 is 34.1 Å². The van der Waals surface area contributed by atoms with Crippen molar-refractivity contribution in [3.63, 3.8) is 0 Å². The summed E-state index contributed by atoms with van der Waals surface area (Å²) in [6.07, 6.45) is 7.35. The number of amides is 3. The number of aryl methyl sites for hydroxylation is 1. The number of nitrogens with one attached hydrogen (secondary N) is 1. The second kappa shape index (κ2) is 16.4. The highest BCUT2D eigenvalue weighted by atomic mass is 16.6. The molecule has 1 N–H and O–H groups in total. The van der Waals surface area contributed by atoms with Crippen molar-refractivity contribution in [2.45, 2.75) is 77.4 Å². The van der Waals surface area contributed by atoms with Crippen molar-refractivity contribution in [2.24, 2.45) is 11.8 Å². The smallest absolute Gasteiger partial charge is 0.410 e. The number of benzene rings is 1. The number of allylic oxidation sites excluding steroid dienone is 1. The van der Waals surface area contributed by atoms with Crippen LogP contribution in [0, 0.1) is 11.8 Å². The summed E-state index contributed by atoms with van der Waals surface area (Å²) in [6, 6.07) is 5.23. The van der Waals surface area contributed by atoms with E-state index in [4.69, 9.17) is 18.9 Å². The van der Waals surface area contributed by atoms with Gasteiger partial charge in [-0.15, -0.1) is 0 Å². The van der Waals surface area contributed by atoms with Gasteiger partial charge in [0, 0.05) is 32.2 Å². The van der Waals surface area contributed by atoms with E-state index in [-0.39, 0.29) is 36.2 Å². The van der Waals surface area contributed by atoms with Gasteiger partial charge >= 0.3 is 12.1 Å². The molecule has 0 unspecified atom stereocenters. The minimum atomic E-state index is -0.530. The maximum absolute atomic E-state index is 13.3. The van der Waals surface area contributed by atoms with Crippen LogP contribution in [-0.2, 0) is 30.3 Å². The summed E-state index contributed by atoms with van der Waals surface area (Å²) >= 11 is 0. The SMILES string of the molecule is COC(=O)C[C@@H](CCc1ccc(OC)c(OC)c1)NC(=O)[C@@H]1CCCN(C(=O)/C=C/C2CCN(C(=O)OC(C)(C)C)CC2)C1. The average molecular weight is 616 g/mol. The van der Waals surface area contributed by atoms with Gasteiger partial charge in [-0.05, 0) is 89.0 Å². The number of hydrogen-bond donors (Lipinski definition) is 1. The van der Waals surface area contributed by atoms with Crippen molar-refractivity contribution >= 4 is 23.9 Å². The summed E-state index contributed by atoms with van der Waals surface area (Å²) in [7, 11) is 4.49. The summed E-state index contributed by atoms with van der Waals surface area (Å²) in [5, 5.41) is 3.05. The lowest BCUT2D eigenvalue weighted by molar-refractivity contribution is -0.141. The molecule has 244 valence electrons. The number of methoxy groups -OCH3 is 3. The quantitative estimate of drug-likeness (QED) is 0.291. The highest BCUT2D eigenvalue weighted by Crippen LogP contribution is 2.28. The van der Waals surface area contributed by atoms with E-state index in [2.05, 4.69) is 5.32 Å². The molecule has 0 radical (unpaired) electrons. The van der Waals surface area contributed by atoms with Gasteiger partial charge in [-0.2, -0.15) is 0 Å². The Morgan fingerprint density at radius 1 is 0.977 bits per heavy atom. The number of nitrogens with zero attached hydrogens (tertiary/aromatic N) is 2. The van der Waals surface area contributed by atoms with Gasteiger partial charge in [-0.25, -0.2) is 4.79 Å². The van der Waals surface area contributed by atoms with E-state index >= 15 is 0 Å². The highest BCUT2D eigenvalue weighted by molar-refractivity contribution is 5.88. The number of rotatable bonds is 11. The van der Waals surface area contributed by atoms with Gasteiger partial charge in [-0.3, -0.25) is 14.4 Å². The molecule has 2 aliphatic heterocycles. The number of hydrogen-bond acceptors (Lipinski definition) is 8. The molecule has 0 saturated carbocycles. The van der Waals surface area contributed by atoms with Gasteiger partial charge in [0.05, 0.1) is 33.7 Å².